The monoisotopic (exact) mass is 368 g/mol. The van der Waals surface area contributed by atoms with Gasteiger partial charge in [0, 0.05) is 23.5 Å². The number of carbonyl (C=O) groups excluding carboxylic acids is 2. The van der Waals surface area contributed by atoms with Crippen molar-refractivity contribution in [3.8, 4) is 0 Å². The summed E-state index contributed by atoms with van der Waals surface area (Å²) in [6, 6.07) is 6.67. The molecule has 2 heterocycles. The van der Waals surface area contributed by atoms with E-state index >= 15 is 0 Å². The van der Waals surface area contributed by atoms with Crippen LogP contribution in [0.5, 0.6) is 0 Å². The number of amides is 2. The van der Waals surface area contributed by atoms with E-state index in [2.05, 4.69) is 5.32 Å². The van der Waals surface area contributed by atoms with Crippen LogP contribution in [0.25, 0.3) is 0 Å². The summed E-state index contributed by atoms with van der Waals surface area (Å²) in [7, 11) is 0. The van der Waals surface area contributed by atoms with Gasteiger partial charge in [-0.3, -0.25) is 9.59 Å². The smallest absolute Gasteiger partial charge is 0.251 e. The first kappa shape index (κ1) is 16.3. The lowest BCUT2D eigenvalue weighted by Crippen LogP contribution is -2.42. The molecular formula is C16H14Cl2N2O2S. The molecule has 0 fully saturated rings. The molecule has 2 aromatic rings. The molecule has 1 aromatic heterocycles. The first-order valence-corrected chi connectivity index (χ1v) is 8.74. The normalized spacial score (nSPS) is 13.6. The second kappa shape index (κ2) is 6.91. The molecule has 1 aliphatic rings. The number of nitrogens with zero attached hydrogens (tertiary/aromatic N) is 1. The van der Waals surface area contributed by atoms with Crippen molar-refractivity contribution >= 4 is 46.4 Å². The predicted molar refractivity (Wildman–Crippen MR) is 92.2 cm³/mol. The topological polar surface area (TPSA) is 49.4 Å². The molecule has 4 nitrogen and oxygen atoms in total. The molecule has 23 heavy (non-hydrogen) atoms. The highest BCUT2D eigenvalue weighted by Gasteiger charge is 2.21. The van der Waals surface area contributed by atoms with Gasteiger partial charge in [0.25, 0.3) is 5.91 Å². The van der Waals surface area contributed by atoms with Gasteiger partial charge in [0.15, 0.2) is 0 Å². The average Bonchev–Trinajstić information content (AvgIpc) is 3.02. The quantitative estimate of drug-likeness (QED) is 0.902. The van der Waals surface area contributed by atoms with Gasteiger partial charge in [-0.05, 0) is 41.6 Å². The maximum atomic E-state index is 12.3. The van der Waals surface area contributed by atoms with E-state index < -0.39 is 0 Å². The SMILES string of the molecule is O=C(NCC(=O)N1CCc2sccc2C1)c1ccc(Cl)c(Cl)c1. The molecule has 0 unspecified atom stereocenters. The highest BCUT2D eigenvalue weighted by atomic mass is 35.5. The minimum atomic E-state index is -0.342. The van der Waals surface area contributed by atoms with Crippen LogP contribution in [0.1, 0.15) is 20.8 Å². The second-order valence-electron chi connectivity index (χ2n) is 5.25. The van der Waals surface area contributed by atoms with Crippen molar-refractivity contribution < 1.29 is 9.59 Å². The Morgan fingerprint density at radius 2 is 2.04 bits per heavy atom. The van der Waals surface area contributed by atoms with Gasteiger partial charge < -0.3 is 10.2 Å². The Hall–Kier alpha value is -1.56. The zero-order chi connectivity index (χ0) is 16.4. The molecule has 7 heteroatoms. The standard InChI is InChI=1S/C16H14Cl2N2O2S/c17-12-2-1-10(7-13(12)18)16(22)19-8-15(21)20-5-3-14-11(9-20)4-6-23-14/h1-2,4,6-7H,3,5,8-9H2,(H,19,22). The minimum absolute atomic E-state index is 0.0292. The Kier molecular flexibility index (Phi) is 4.90. The molecule has 1 aromatic carbocycles. The van der Waals surface area contributed by atoms with Crippen LogP contribution in [0.15, 0.2) is 29.6 Å². The molecule has 120 valence electrons. The molecule has 0 atom stereocenters. The number of hydrogen-bond acceptors (Lipinski definition) is 3. The van der Waals surface area contributed by atoms with Crippen LogP contribution in [0, 0.1) is 0 Å². The van der Waals surface area contributed by atoms with Crippen LogP contribution in [0.3, 0.4) is 0 Å². The summed E-state index contributed by atoms with van der Waals surface area (Å²) in [4.78, 5) is 27.4. The van der Waals surface area contributed by atoms with E-state index in [1.165, 1.54) is 16.5 Å². The third-order valence-corrected chi connectivity index (χ3v) is 5.50. The van der Waals surface area contributed by atoms with Crippen molar-refractivity contribution in [3.63, 3.8) is 0 Å². The Morgan fingerprint density at radius 3 is 2.83 bits per heavy atom. The van der Waals surface area contributed by atoms with Gasteiger partial charge in [-0.2, -0.15) is 0 Å². The van der Waals surface area contributed by atoms with Crippen molar-refractivity contribution in [2.75, 3.05) is 13.1 Å². The fraction of sp³-hybridized carbons (Fsp3) is 0.250. The van der Waals surface area contributed by atoms with Gasteiger partial charge in [-0.1, -0.05) is 23.2 Å². The molecule has 2 amide bonds. The molecule has 0 bridgehead atoms. The molecule has 0 saturated carbocycles. The van der Waals surface area contributed by atoms with E-state index in [-0.39, 0.29) is 18.4 Å². The number of benzene rings is 1. The number of halogens is 2. The van der Waals surface area contributed by atoms with Crippen LogP contribution in [-0.2, 0) is 17.8 Å². The van der Waals surface area contributed by atoms with E-state index in [0.29, 0.717) is 28.7 Å². The number of thiophene rings is 1. The van der Waals surface area contributed by atoms with E-state index in [4.69, 9.17) is 23.2 Å². The first-order valence-electron chi connectivity index (χ1n) is 7.11. The van der Waals surface area contributed by atoms with Crippen molar-refractivity contribution in [1.29, 1.82) is 0 Å². The van der Waals surface area contributed by atoms with E-state index in [1.54, 1.807) is 28.4 Å². The van der Waals surface area contributed by atoms with Crippen LogP contribution >= 0.6 is 34.5 Å². The summed E-state index contributed by atoms with van der Waals surface area (Å²) >= 11 is 13.4. The van der Waals surface area contributed by atoms with Crippen LogP contribution in [0.4, 0.5) is 0 Å². The Labute approximate surface area is 148 Å². The zero-order valence-electron chi connectivity index (χ0n) is 12.1. The van der Waals surface area contributed by atoms with E-state index in [1.807, 2.05) is 11.4 Å². The van der Waals surface area contributed by atoms with Crippen LogP contribution in [0.2, 0.25) is 10.0 Å². The second-order valence-corrected chi connectivity index (χ2v) is 7.06. The number of fused-ring (bicyclic) bond motifs is 1. The summed E-state index contributed by atoms with van der Waals surface area (Å²) in [6.07, 6.45) is 0.874. The summed E-state index contributed by atoms with van der Waals surface area (Å²) in [6.45, 7) is 1.27. The van der Waals surface area contributed by atoms with Gasteiger partial charge in [-0.15, -0.1) is 11.3 Å². The lowest BCUT2D eigenvalue weighted by Gasteiger charge is -2.27. The minimum Gasteiger partial charge on any atom is -0.343 e. The van der Waals surface area contributed by atoms with Gasteiger partial charge in [0.2, 0.25) is 5.91 Å². The third-order valence-electron chi connectivity index (χ3n) is 3.74. The lowest BCUT2D eigenvalue weighted by molar-refractivity contribution is -0.131. The van der Waals surface area contributed by atoms with E-state index in [9.17, 15) is 9.59 Å². The fourth-order valence-corrected chi connectivity index (χ4v) is 3.66. The third kappa shape index (κ3) is 3.68. The lowest BCUT2D eigenvalue weighted by atomic mass is 10.1. The molecule has 0 spiro atoms. The highest BCUT2D eigenvalue weighted by Crippen LogP contribution is 2.24. The van der Waals surface area contributed by atoms with Gasteiger partial charge in [-0.25, -0.2) is 0 Å². The molecular weight excluding hydrogens is 355 g/mol. The maximum Gasteiger partial charge on any atom is 0.251 e. The number of nitrogens with one attached hydrogen (secondary N) is 1. The zero-order valence-corrected chi connectivity index (χ0v) is 14.5. The van der Waals surface area contributed by atoms with E-state index in [0.717, 1.165) is 6.42 Å². The number of rotatable bonds is 3. The van der Waals surface area contributed by atoms with Crippen molar-refractivity contribution in [2.24, 2.45) is 0 Å². The summed E-state index contributed by atoms with van der Waals surface area (Å²) < 4.78 is 0. The Balaban J connectivity index is 1.57. The maximum absolute atomic E-state index is 12.3. The summed E-state index contributed by atoms with van der Waals surface area (Å²) in [5.41, 5.74) is 1.58. The Bertz CT molecular complexity index is 760. The number of hydrogen-bond donors (Lipinski definition) is 1. The van der Waals surface area contributed by atoms with Crippen molar-refractivity contribution in [2.45, 2.75) is 13.0 Å². The van der Waals surface area contributed by atoms with Crippen molar-refractivity contribution in [1.82, 2.24) is 10.2 Å². The predicted octanol–water partition coefficient (Wildman–Crippen LogP) is 3.37. The molecule has 1 aliphatic heterocycles. The molecule has 0 aliphatic carbocycles. The van der Waals surface area contributed by atoms with Gasteiger partial charge in [0.05, 0.1) is 16.6 Å². The first-order chi connectivity index (χ1) is 11.0. The molecule has 3 rings (SSSR count). The fourth-order valence-electron chi connectivity index (χ4n) is 2.47. The van der Waals surface area contributed by atoms with Gasteiger partial charge >= 0.3 is 0 Å². The largest absolute Gasteiger partial charge is 0.343 e. The molecule has 0 saturated heterocycles. The molecule has 1 N–H and O–H groups in total. The average molecular weight is 369 g/mol. The van der Waals surface area contributed by atoms with Crippen molar-refractivity contribution in [3.05, 3.63) is 55.7 Å². The van der Waals surface area contributed by atoms with Crippen LogP contribution in [-0.4, -0.2) is 29.8 Å². The van der Waals surface area contributed by atoms with Gasteiger partial charge in [0.1, 0.15) is 0 Å². The highest BCUT2D eigenvalue weighted by molar-refractivity contribution is 7.10. The van der Waals surface area contributed by atoms with Crippen LogP contribution < -0.4 is 5.32 Å². The summed E-state index contributed by atoms with van der Waals surface area (Å²) in [5, 5.41) is 5.38. The number of carbonyl (C=O) groups is 2. The summed E-state index contributed by atoms with van der Waals surface area (Å²) in [5.74, 6) is -0.430. The Morgan fingerprint density at radius 1 is 1.22 bits per heavy atom. The molecule has 0 radical (unpaired) electrons.